The second kappa shape index (κ2) is 22.3. The van der Waals surface area contributed by atoms with E-state index in [1.807, 2.05) is 0 Å². The lowest BCUT2D eigenvalue weighted by atomic mass is 10.1. The minimum Gasteiger partial charge on any atom is -0.462 e. The maximum Gasteiger partial charge on any atom is 0.306 e. The first kappa shape index (κ1) is 28.6. The lowest BCUT2D eigenvalue weighted by Crippen LogP contribution is -2.28. The molecule has 0 aromatic heterocycles. The highest BCUT2D eigenvalue weighted by atomic mass is 16.6. The molecule has 0 bridgehead atoms. The van der Waals surface area contributed by atoms with Crippen molar-refractivity contribution in [3.05, 3.63) is 12.2 Å². The molecule has 1 atom stereocenters. The molecule has 1 unspecified atom stereocenters. The highest BCUT2D eigenvalue weighted by Crippen LogP contribution is 2.10. The van der Waals surface area contributed by atoms with Crippen LogP contribution in [0.4, 0.5) is 0 Å². The van der Waals surface area contributed by atoms with Crippen LogP contribution >= 0.6 is 0 Å². The van der Waals surface area contributed by atoms with Crippen LogP contribution in [0, 0.1) is 0 Å². The number of allylic oxidation sites excluding steroid dienone is 2. The van der Waals surface area contributed by atoms with Gasteiger partial charge in [-0.05, 0) is 32.1 Å². The third-order valence-corrected chi connectivity index (χ3v) is 5.04. The van der Waals surface area contributed by atoms with Crippen molar-refractivity contribution in [3.63, 3.8) is 0 Å². The summed E-state index contributed by atoms with van der Waals surface area (Å²) in [6, 6.07) is 0. The maximum atomic E-state index is 11.9. The predicted molar refractivity (Wildman–Crippen MR) is 122 cm³/mol. The Hall–Kier alpha value is -1.36. The summed E-state index contributed by atoms with van der Waals surface area (Å²) in [5.41, 5.74) is 0. The first-order valence-electron chi connectivity index (χ1n) is 12.2. The van der Waals surface area contributed by atoms with E-state index in [9.17, 15) is 14.7 Å². The second-order valence-electron chi connectivity index (χ2n) is 8.06. The van der Waals surface area contributed by atoms with E-state index in [1.54, 1.807) is 0 Å². The Bertz CT molecular complexity index is 433. The van der Waals surface area contributed by atoms with Crippen molar-refractivity contribution in [3.8, 4) is 0 Å². The van der Waals surface area contributed by atoms with Crippen molar-refractivity contribution in [1.82, 2.24) is 0 Å². The van der Waals surface area contributed by atoms with Gasteiger partial charge < -0.3 is 14.6 Å². The van der Waals surface area contributed by atoms with Crippen molar-refractivity contribution in [2.45, 2.75) is 123 Å². The van der Waals surface area contributed by atoms with Crippen molar-refractivity contribution in [2.24, 2.45) is 0 Å². The van der Waals surface area contributed by atoms with E-state index in [0.29, 0.717) is 12.8 Å². The van der Waals surface area contributed by atoms with E-state index in [4.69, 9.17) is 9.47 Å². The van der Waals surface area contributed by atoms with Crippen molar-refractivity contribution >= 4 is 11.9 Å². The fourth-order valence-corrected chi connectivity index (χ4v) is 3.14. The van der Waals surface area contributed by atoms with Gasteiger partial charge in [0, 0.05) is 12.8 Å². The normalized spacial score (nSPS) is 12.2. The molecule has 0 aliphatic rings. The molecule has 0 spiro atoms. The maximum absolute atomic E-state index is 11.9. The van der Waals surface area contributed by atoms with Gasteiger partial charge in [0.05, 0.1) is 6.61 Å². The Morgan fingerprint density at radius 2 is 1.30 bits per heavy atom. The summed E-state index contributed by atoms with van der Waals surface area (Å²) in [5, 5.41) is 9.36. The Morgan fingerprint density at radius 3 is 1.93 bits per heavy atom. The molecule has 0 rings (SSSR count). The molecule has 1 N–H and O–H groups in total. The van der Waals surface area contributed by atoms with Crippen LogP contribution in [0.25, 0.3) is 0 Å². The first-order valence-corrected chi connectivity index (χ1v) is 12.2. The second-order valence-corrected chi connectivity index (χ2v) is 8.06. The molecule has 0 aromatic carbocycles. The van der Waals surface area contributed by atoms with Crippen LogP contribution in [-0.4, -0.2) is 36.4 Å². The quantitative estimate of drug-likeness (QED) is 0.133. The number of hydrogen-bond acceptors (Lipinski definition) is 5. The topological polar surface area (TPSA) is 72.8 Å². The standard InChI is InChI=1S/C25H46O5/c1-3-5-7-9-11-12-13-14-16-18-20-25(28)30-23(21-26)22-29-24(27)19-17-15-10-8-6-4-2/h7,9,23,26H,3-6,8,10-22H2,1-2H3/b9-7-. The summed E-state index contributed by atoms with van der Waals surface area (Å²) in [7, 11) is 0. The Balaban J connectivity index is 3.66. The minimum atomic E-state index is -0.763. The lowest BCUT2D eigenvalue weighted by molar-refractivity contribution is -0.161. The summed E-state index contributed by atoms with van der Waals surface area (Å²) in [4.78, 5) is 23.7. The zero-order valence-corrected chi connectivity index (χ0v) is 19.5. The van der Waals surface area contributed by atoms with Crippen LogP contribution in [-0.2, 0) is 19.1 Å². The van der Waals surface area contributed by atoms with E-state index < -0.39 is 6.10 Å². The highest BCUT2D eigenvalue weighted by Gasteiger charge is 2.16. The van der Waals surface area contributed by atoms with Crippen LogP contribution in [0.1, 0.15) is 117 Å². The van der Waals surface area contributed by atoms with Gasteiger partial charge in [0.25, 0.3) is 0 Å². The van der Waals surface area contributed by atoms with Gasteiger partial charge in [0.2, 0.25) is 0 Å². The van der Waals surface area contributed by atoms with Crippen molar-refractivity contribution in [1.29, 1.82) is 0 Å². The number of aliphatic hydroxyl groups excluding tert-OH is 1. The zero-order chi connectivity index (χ0) is 22.3. The average molecular weight is 427 g/mol. The van der Waals surface area contributed by atoms with Gasteiger partial charge in [0.1, 0.15) is 6.61 Å². The summed E-state index contributed by atoms with van der Waals surface area (Å²) in [6.45, 7) is 3.96. The monoisotopic (exact) mass is 426 g/mol. The van der Waals surface area contributed by atoms with E-state index >= 15 is 0 Å². The summed E-state index contributed by atoms with van der Waals surface area (Å²) < 4.78 is 10.4. The molecule has 0 radical (unpaired) electrons. The highest BCUT2D eigenvalue weighted by molar-refractivity contribution is 5.70. The average Bonchev–Trinajstić information content (AvgIpc) is 2.74. The van der Waals surface area contributed by atoms with E-state index in [0.717, 1.165) is 51.4 Å². The Labute approximate surface area is 184 Å². The molecule has 0 amide bonds. The van der Waals surface area contributed by atoms with Crippen LogP contribution < -0.4 is 0 Å². The zero-order valence-electron chi connectivity index (χ0n) is 19.5. The van der Waals surface area contributed by atoms with Gasteiger partial charge in [-0.25, -0.2) is 0 Å². The summed E-state index contributed by atoms with van der Waals surface area (Å²) in [5.74, 6) is -0.618. The molecule has 5 heteroatoms. The number of rotatable bonds is 21. The Morgan fingerprint density at radius 1 is 0.733 bits per heavy atom. The molecule has 0 fully saturated rings. The first-order chi connectivity index (χ1) is 14.6. The smallest absolute Gasteiger partial charge is 0.306 e. The summed E-state index contributed by atoms with van der Waals surface area (Å²) in [6.07, 6.45) is 19.9. The van der Waals surface area contributed by atoms with Gasteiger partial charge in [-0.15, -0.1) is 0 Å². The van der Waals surface area contributed by atoms with E-state index in [2.05, 4.69) is 26.0 Å². The molecular weight excluding hydrogens is 380 g/mol. The molecule has 0 saturated heterocycles. The number of hydrogen-bond donors (Lipinski definition) is 1. The van der Waals surface area contributed by atoms with Crippen LogP contribution in [0.5, 0.6) is 0 Å². The van der Waals surface area contributed by atoms with Crippen LogP contribution in [0.15, 0.2) is 12.2 Å². The number of ether oxygens (including phenoxy) is 2. The minimum absolute atomic E-state index is 0.0670. The molecule has 0 aliphatic heterocycles. The number of unbranched alkanes of at least 4 members (excludes halogenated alkanes) is 11. The van der Waals surface area contributed by atoms with Gasteiger partial charge in [0.15, 0.2) is 6.10 Å². The molecule has 176 valence electrons. The number of esters is 2. The Kier molecular flexibility index (Phi) is 21.3. The number of carbonyl (C=O) groups excluding carboxylic acids is 2. The fourth-order valence-electron chi connectivity index (χ4n) is 3.14. The van der Waals surface area contributed by atoms with Crippen LogP contribution in [0.2, 0.25) is 0 Å². The predicted octanol–water partition coefficient (Wildman–Crippen LogP) is 6.27. The SMILES string of the molecule is CCC/C=C\CCCCCCCC(=O)OC(CO)COC(=O)CCCCCCCC. The molecule has 30 heavy (non-hydrogen) atoms. The van der Waals surface area contributed by atoms with Crippen molar-refractivity contribution < 1.29 is 24.2 Å². The molecule has 0 aliphatic carbocycles. The summed E-state index contributed by atoms with van der Waals surface area (Å²) >= 11 is 0. The number of carbonyl (C=O) groups is 2. The lowest BCUT2D eigenvalue weighted by Gasteiger charge is -2.15. The van der Waals surface area contributed by atoms with Crippen LogP contribution in [0.3, 0.4) is 0 Å². The molecule has 0 aromatic rings. The fraction of sp³-hybridized carbons (Fsp3) is 0.840. The van der Waals surface area contributed by atoms with Gasteiger partial charge in [-0.1, -0.05) is 83.8 Å². The molecule has 5 nitrogen and oxygen atoms in total. The molecule has 0 heterocycles. The molecular formula is C25H46O5. The number of aliphatic hydroxyl groups is 1. The van der Waals surface area contributed by atoms with E-state index in [1.165, 1.54) is 38.5 Å². The largest absolute Gasteiger partial charge is 0.462 e. The van der Waals surface area contributed by atoms with Gasteiger partial charge in [-0.2, -0.15) is 0 Å². The third-order valence-electron chi connectivity index (χ3n) is 5.04. The van der Waals surface area contributed by atoms with E-state index in [-0.39, 0.29) is 25.2 Å². The van der Waals surface area contributed by atoms with Crippen molar-refractivity contribution in [2.75, 3.05) is 13.2 Å². The molecule has 0 saturated carbocycles. The van der Waals surface area contributed by atoms with Gasteiger partial charge in [-0.3, -0.25) is 9.59 Å². The van der Waals surface area contributed by atoms with Gasteiger partial charge >= 0.3 is 11.9 Å². The third kappa shape index (κ3) is 19.9.